The summed E-state index contributed by atoms with van der Waals surface area (Å²) in [6.45, 7) is 3.88. The van der Waals surface area contributed by atoms with E-state index in [1.54, 1.807) is 6.92 Å². The first-order valence-corrected chi connectivity index (χ1v) is 5.06. The van der Waals surface area contributed by atoms with Crippen LogP contribution >= 0.6 is 0 Å². The fourth-order valence-corrected chi connectivity index (χ4v) is 2.18. The molecule has 0 heterocycles. The van der Waals surface area contributed by atoms with Gasteiger partial charge in [-0.05, 0) is 31.6 Å². The first kappa shape index (κ1) is 10.3. The number of allylic oxidation sites excluding steroid dienone is 1. The molecule has 74 valence electrons. The van der Waals surface area contributed by atoms with Gasteiger partial charge < -0.3 is 5.11 Å². The van der Waals surface area contributed by atoms with E-state index >= 15 is 0 Å². The highest BCUT2D eigenvalue weighted by Gasteiger charge is 2.24. The topological polar surface area (TPSA) is 37.3 Å². The van der Waals surface area contributed by atoms with Crippen LogP contribution in [-0.2, 0) is 4.79 Å². The van der Waals surface area contributed by atoms with Gasteiger partial charge in [-0.1, -0.05) is 25.8 Å². The van der Waals surface area contributed by atoms with Crippen molar-refractivity contribution in [1.82, 2.24) is 0 Å². The molecule has 0 aromatic rings. The molecule has 2 nitrogen and oxygen atoms in total. The van der Waals surface area contributed by atoms with Gasteiger partial charge in [0.25, 0.3) is 0 Å². The molecule has 13 heavy (non-hydrogen) atoms. The van der Waals surface area contributed by atoms with Crippen molar-refractivity contribution in [3.05, 3.63) is 11.6 Å². The Bertz CT molecular complexity index is 218. The molecule has 1 aliphatic carbocycles. The van der Waals surface area contributed by atoms with Gasteiger partial charge in [-0.15, -0.1) is 0 Å². The second-order valence-corrected chi connectivity index (χ2v) is 3.92. The second kappa shape index (κ2) is 4.45. The summed E-state index contributed by atoms with van der Waals surface area (Å²) in [6.07, 6.45) is 6.82. The highest BCUT2D eigenvalue weighted by atomic mass is 16.4. The predicted molar refractivity (Wildman–Crippen MR) is 52.5 cm³/mol. The number of carboxylic acids is 1. The van der Waals surface area contributed by atoms with Crippen molar-refractivity contribution < 1.29 is 9.90 Å². The molecule has 2 atom stereocenters. The van der Waals surface area contributed by atoms with Crippen LogP contribution in [0.2, 0.25) is 0 Å². The van der Waals surface area contributed by atoms with Gasteiger partial charge in [0, 0.05) is 5.57 Å². The minimum atomic E-state index is -0.776. The number of rotatable bonds is 3. The van der Waals surface area contributed by atoms with E-state index in [1.807, 2.05) is 6.08 Å². The Morgan fingerprint density at radius 2 is 2.23 bits per heavy atom. The number of carbonyl (C=O) groups is 1. The van der Waals surface area contributed by atoms with Gasteiger partial charge in [0.05, 0.1) is 0 Å². The molecule has 1 aliphatic rings. The van der Waals surface area contributed by atoms with Crippen LogP contribution in [0.25, 0.3) is 0 Å². The molecule has 0 saturated heterocycles. The molecule has 1 rings (SSSR count). The molecule has 0 aromatic carbocycles. The van der Waals surface area contributed by atoms with Crippen molar-refractivity contribution in [2.24, 2.45) is 11.8 Å². The van der Waals surface area contributed by atoms with E-state index in [0.717, 1.165) is 0 Å². The first-order chi connectivity index (χ1) is 6.15. The summed E-state index contributed by atoms with van der Waals surface area (Å²) in [4.78, 5) is 10.6. The zero-order valence-corrected chi connectivity index (χ0v) is 8.42. The van der Waals surface area contributed by atoms with E-state index < -0.39 is 5.97 Å². The molecular weight excluding hydrogens is 164 g/mol. The average Bonchev–Trinajstić information content (AvgIpc) is 2.51. The summed E-state index contributed by atoms with van der Waals surface area (Å²) in [5.74, 6) is 0.456. The fraction of sp³-hybridized carbons (Fsp3) is 0.727. The molecule has 0 radical (unpaired) electrons. The summed E-state index contributed by atoms with van der Waals surface area (Å²) >= 11 is 0. The number of aliphatic carboxylic acids is 1. The zero-order chi connectivity index (χ0) is 9.84. The minimum Gasteiger partial charge on any atom is -0.478 e. The van der Waals surface area contributed by atoms with E-state index in [1.165, 1.54) is 25.7 Å². The molecule has 2 unspecified atom stereocenters. The molecule has 0 bridgehead atoms. The lowest BCUT2D eigenvalue weighted by atomic mass is 9.92. The Morgan fingerprint density at radius 3 is 2.77 bits per heavy atom. The smallest absolute Gasteiger partial charge is 0.330 e. The van der Waals surface area contributed by atoms with Gasteiger partial charge in [-0.2, -0.15) is 0 Å². The van der Waals surface area contributed by atoms with Crippen LogP contribution in [0.5, 0.6) is 0 Å². The van der Waals surface area contributed by atoms with Crippen molar-refractivity contribution in [1.29, 1.82) is 0 Å². The number of hydrogen-bond donors (Lipinski definition) is 1. The maximum atomic E-state index is 10.6. The van der Waals surface area contributed by atoms with E-state index in [-0.39, 0.29) is 0 Å². The van der Waals surface area contributed by atoms with E-state index in [9.17, 15) is 4.79 Å². The third kappa shape index (κ3) is 2.58. The normalized spacial score (nSPS) is 29.2. The summed E-state index contributed by atoms with van der Waals surface area (Å²) in [7, 11) is 0. The largest absolute Gasteiger partial charge is 0.478 e. The summed E-state index contributed by atoms with van der Waals surface area (Å²) in [5.41, 5.74) is 0.505. The fourth-order valence-electron chi connectivity index (χ4n) is 2.18. The van der Waals surface area contributed by atoms with Gasteiger partial charge in [-0.25, -0.2) is 4.79 Å². The SMILES string of the molecule is CCC1CCCC1/C=C(\C)C(=O)O. The van der Waals surface area contributed by atoms with Gasteiger partial charge in [-0.3, -0.25) is 0 Å². The Hall–Kier alpha value is -0.790. The highest BCUT2D eigenvalue weighted by Crippen LogP contribution is 2.35. The first-order valence-electron chi connectivity index (χ1n) is 5.06. The third-order valence-electron chi connectivity index (χ3n) is 3.04. The molecule has 0 aromatic heterocycles. The van der Waals surface area contributed by atoms with Crippen molar-refractivity contribution in [2.45, 2.75) is 39.5 Å². The molecule has 1 saturated carbocycles. The number of hydrogen-bond acceptors (Lipinski definition) is 1. The summed E-state index contributed by atoms with van der Waals surface area (Å²) in [5, 5.41) is 8.73. The van der Waals surface area contributed by atoms with Gasteiger partial charge in [0.1, 0.15) is 0 Å². The quantitative estimate of drug-likeness (QED) is 0.681. The lowest BCUT2D eigenvalue weighted by Crippen LogP contribution is -2.06. The van der Waals surface area contributed by atoms with Crippen LogP contribution in [0.1, 0.15) is 39.5 Å². The molecule has 0 spiro atoms. The van der Waals surface area contributed by atoms with Crippen LogP contribution in [-0.4, -0.2) is 11.1 Å². The van der Waals surface area contributed by atoms with Crippen molar-refractivity contribution >= 4 is 5.97 Å². The minimum absolute atomic E-state index is 0.505. The van der Waals surface area contributed by atoms with Gasteiger partial charge in [0.15, 0.2) is 0 Å². The van der Waals surface area contributed by atoms with Crippen LogP contribution in [0.4, 0.5) is 0 Å². The third-order valence-corrected chi connectivity index (χ3v) is 3.04. The molecule has 0 aliphatic heterocycles. The highest BCUT2D eigenvalue weighted by molar-refractivity contribution is 5.85. The Balaban J connectivity index is 2.61. The van der Waals surface area contributed by atoms with Gasteiger partial charge >= 0.3 is 5.97 Å². The lowest BCUT2D eigenvalue weighted by molar-refractivity contribution is -0.132. The maximum Gasteiger partial charge on any atom is 0.330 e. The lowest BCUT2D eigenvalue weighted by Gasteiger charge is -2.13. The van der Waals surface area contributed by atoms with E-state index in [2.05, 4.69) is 6.92 Å². The summed E-state index contributed by atoms with van der Waals surface area (Å²) < 4.78 is 0. The zero-order valence-electron chi connectivity index (χ0n) is 8.42. The van der Waals surface area contributed by atoms with E-state index in [4.69, 9.17) is 5.11 Å². The Morgan fingerprint density at radius 1 is 1.54 bits per heavy atom. The standard InChI is InChI=1S/C11H18O2/c1-3-9-5-4-6-10(9)7-8(2)11(12)13/h7,9-10H,3-6H2,1-2H3,(H,12,13)/b8-7+. The molecule has 1 N–H and O–H groups in total. The molecule has 2 heteroatoms. The van der Waals surface area contributed by atoms with Crippen LogP contribution in [0.15, 0.2) is 11.6 Å². The predicted octanol–water partition coefficient (Wildman–Crippen LogP) is 2.84. The van der Waals surface area contributed by atoms with Gasteiger partial charge in [0.2, 0.25) is 0 Å². The van der Waals surface area contributed by atoms with E-state index in [0.29, 0.717) is 17.4 Å². The Kier molecular flexibility index (Phi) is 3.52. The monoisotopic (exact) mass is 182 g/mol. The van der Waals surface area contributed by atoms with Crippen molar-refractivity contribution in [3.63, 3.8) is 0 Å². The number of carboxylic acid groups (broad SMARTS) is 1. The molecule has 1 fully saturated rings. The summed E-state index contributed by atoms with van der Waals surface area (Å²) in [6, 6.07) is 0. The van der Waals surface area contributed by atoms with Crippen LogP contribution in [0.3, 0.4) is 0 Å². The molecule has 0 amide bonds. The molecular formula is C11H18O2. The van der Waals surface area contributed by atoms with Crippen LogP contribution < -0.4 is 0 Å². The van der Waals surface area contributed by atoms with Crippen LogP contribution in [0, 0.1) is 11.8 Å². The maximum absolute atomic E-state index is 10.6. The second-order valence-electron chi connectivity index (χ2n) is 3.92. The Labute approximate surface area is 79.6 Å². The average molecular weight is 182 g/mol. The van der Waals surface area contributed by atoms with Crippen molar-refractivity contribution in [2.75, 3.05) is 0 Å². The van der Waals surface area contributed by atoms with Crippen molar-refractivity contribution in [3.8, 4) is 0 Å².